The van der Waals surface area contributed by atoms with Crippen molar-refractivity contribution in [3.8, 4) is 5.75 Å². The molecule has 1 unspecified atom stereocenters. The molecule has 0 spiro atoms. The van der Waals surface area contributed by atoms with E-state index in [1.807, 2.05) is 48.5 Å². The van der Waals surface area contributed by atoms with Crippen molar-refractivity contribution >= 4 is 44.8 Å². The van der Waals surface area contributed by atoms with Gasteiger partial charge in [0.15, 0.2) is 0 Å². The van der Waals surface area contributed by atoms with Crippen molar-refractivity contribution in [1.29, 1.82) is 0 Å². The van der Waals surface area contributed by atoms with Crippen LogP contribution in [0.3, 0.4) is 0 Å². The van der Waals surface area contributed by atoms with Gasteiger partial charge in [0, 0.05) is 22.4 Å². The first-order valence-corrected chi connectivity index (χ1v) is 12.6. The monoisotopic (exact) mass is 497 g/mol. The van der Waals surface area contributed by atoms with E-state index in [1.165, 1.54) is 20.6 Å². The fourth-order valence-electron chi connectivity index (χ4n) is 5.54. The van der Waals surface area contributed by atoms with Gasteiger partial charge in [-0.1, -0.05) is 55.7 Å². The fraction of sp³-hybridized carbons (Fsp3) is 0.310. The van der Waals surface area contributed by atoms with Gasteiger partial charge in [-0.05, 0) is 25.0 Å². The Kier molecular flexibility index (Phi) is 5.87. The standard InChI is InChI=1S/C29H27N3O5/c1-35-28(33)21-22-25-24(31-19-14-8-9-15-20(19)32-25)17-12-6-7-13-18(17)26(22)37-27(23(21)29(34)36-2)30-16-10-4-3-5-11-16/h6-9,12-16,21,30H,3-5,10-11H2,1-2H3. The number of aromatic nitrogens is 2. The van der Waals surface area contributed by atoms with E-state index in [0.717, 1.165) is 42.0 Å². The zero-order valence-corrected chi connectivity index (χ0v) is 20.7. The van der Waals surface area contributed by atoms with Crippen molar-refractivity contribution in [3.05, 3.63) is 65.6 Å². The third-order valence-corrected chi connectivity index (χ3v) is 7.31. The van der Waals surface area contributed by atoms with Crippen molar-refractivity contribution in [2.45, 2.75) is 44.1 Å². The molecular weight excluding hydrogens is 470 g/mol. The zero-order valence-electron chi connectivity index (χ0n) is 20.7. The Hall–Kier alpha value is -4.20. The third kappa shape index (κ3) is 3.84. The van der Waals surface area contributed by atoms with Crippen LogP contribution in [0.4, 0.5) is 0 Å². The molecule has 1 saturated carbocycles. The quantitative estimate of drug-likeness (QED) is 0.242. The first-order chi connectivity index (χ1) is 18.1. The zero-order chi connectivity index (χ0) is 25.5. The Bertz CT molecular complexity index is 1590. The summed E-state index contributed by atoms with van der Waals surface area (Å²) in [5, 5.41) is 5.05. The summed E-state index contributed by atoms with van der Waals surface area (Å²) in [7, 11) is 2.61. The number of nitrogens with one attached hydrogen (secondary N) is 1. The van der Waals surface area contributed by atoms with Crippen molar-refractivity contribution in [2.75, 3.05) is 14.2 Å². The number of hydrogen-bond donors (Lipinski definition) is 1. The van der Waals surface area contributed by atoms with Gasteiger partial charge in [0.05, 0.1) is 36.3 Å². The topological polar surface area (TPSA) is 99.6 Å². The minimum Gasteiger partial charge on any atom is -0.468 e. The molecule has 8 heteroatoms. The van der Waals surface area contributed by atoms with Crippen LogP contribution in [-0.2, 0) is 19.1 Å². The van der Waals surface area contributed by atoms with Crippen LogP contribution in [-0.4, -0.2) is 42.2 Å². The van der Waals surface area contributed by atoms with Crippen molar-refractivity contribution < 1.29 is 23.8 Å². The number of carbonyl (C=O) groups excluding carboxylic acids is 2. The maximum absolute atomic E-state index is 13.4. The average Bonchev–Trinajstić information content (AvgIpc) is 2.95. The predicted molar refractivity (Wildman–Crippen MR) is 139 cm³/mol. The van der Waals surface area contributed by atoms with Crippen LogP contribution in [0.25, 0.3) is 32.8 Å². The Morgan fingerprint density at radius 3 is 2.19 bits per heavy atom. The lowest BCUT2D eigenvalue weighted by molar-refractivity contribution is -0.145. The molecule has 37 heavy (non-hydrogen) atoms. The summed E-state index contributed by atoms with van der Waals surface area (Å²) in [5.74, 6) is -1.65. The Balaban J connectivity index is 1.68. The normalized spacial score (nSPS) is 17.9. The molecule has 6 rings (SSSR count). The summed E-state index contributed by atoms with van der Waals surface area (Å²) in [6.07, 6.45) is 5.26. The number of nitrogens with zero attached hydrogens (tertiary/aromatic N) is 2. The molecule has 2 aliphatic rings. The average molecular weight is 498 g/mol. The van der Waals surface area contributed by atoms with E-state index in [2.05, 4.69) is 5.32 Å². The second-order valence-electron chi connectivity index (χ2n) is 9.47. The van der Waals surface area contributed by atoms with Gasteiger partial charge in [0.25, 0.3) is 0 Å². The number of methoxy groups -OCH3 is 2. The molecule has 4 aromatic rings. The van der Waals surface area contributed by atoms with E-state index >= 15 is 0 Å². The lowest BCUT2D eigenvalue weighted by Gasteiger charge is -2.32. The SMILES string of the molecule is COC(=O)C1=C(NC2CCCCC2)Oc2c(c3nc4ccccc4nc3c3ccccc23)C1C(=O)OC. The lowest BCUT2D eigenvalue weighted by atomic mass is 9.85. The van der Waals surface area contributed by atoms with Gasteiger partial charge in [-0.15, -0.1) is 0 Å². The van der Waals surface area contributed by atoms with Gasteiger partial charge < -0.3 is 19.5 Å². The van der Waals surface area contributed by atoms with Gasteiger partial charge in [0.2, 0.25) is 5.88 Å². The summed E-state index contributed by atoms with van der Waals surface area (Å²) >= 11 is 0. The lowest BCUT2D eigenvalue weighted by Crippen LogP contribution is -2.38. The Labute approximate surface area is 213 Å². The minimum absolute atomic E-state index is 0.0824. The summed E-state index contributed by atoms with van der Waals surface area (Å²) in [6.45, 7) is 0. The van der Waals surface area contributed by atoms with Gasteiger partial charge in [-0.2, -0.15) is 0 Å². The molecular formula is C29H27N3O5. The molecule has 8 nitrogen and oxygen atoms in total. The molecule has 1 N–H and O–H groups in total. The predicted octanol–water partition coefficient (Wildman–Crippen LogP) is 4.89. The van der Waals surface area contributed by atoms with Gasteiger partial charge >= 0.3 is 11.9 Å². The molecule has 0 saturated heterocycles. The maximum atomic E-state index is 13.4. The van der Waals surface area contributed by atoms with Crippen LogP contribution in [0, 0.1) is 0 Å². The number of fused-ring (bicyclic) bond motifs is 7. The van der Waals surface area contributed by atoms with Crippen molar-refractivity contribution in [3.63, 3.8) is 0 Å². The van der Waals surface area contributed by atoms with Gasteiger partial charge in [-0.3, -0.25) is 4.79 Å². The number of rotatable bonds is 4. The van der Waals surface area contributed by atoms with Crippen LogP contribution in [0.1, 0.15) is 43.6 Å². The van der Waals surface area contributed by atoms with Crippen LogP contribution < -0.4 is 10.1 Å². The largest absolute Gasteiger partial charge is 0.468 e. The number of carbonyl (C=O) groups is 2. The van der Waals surface area contributed by atoms with E-state index in [4.69, 9.17) is 24.2 Å². The van der Waals surface area contributed by atoms with Crippen LogP contribution >= 0.6 is 0 Å². The number of benzene rings is 3. The molecule has 1 aromatic heterocycles. The molecule has 1 fully saturated rings. The smallest absolute Gasteiger partial charge is 0.340 e. The first-order valence-electron chi connectivity index (χ1n) is 12.6. The number of para-hydroxylation sites is 2. The highest BCUT2D eigenvalue weighted by Crippen LogP contribution is 2.48. The summed E-state index contributed by atoms with van der Waals surface area (Å²) in [5.41, 5.74) is 3.05. The molecule has 188 valence electrons. The minimum atomic E-state index is -1.10. The van der Waals surface area contributed by atoms with Crippen LogP contribution in [0.5, 0.6) is 5.75 Å². The highest BCUT2D eigenvalue weighted by atomic mass is 16.5. The van der Waals surface area contributed by atoms with E-state index in [-0.39, 0.29) is 17.5 Å². The Morgan fingerprint density at radius 1 is 0.865 bits per heavy atom. The Morgan fingerprint density at radius 2 is 1.51 bits per heavy atom. The maximum Gasteiger partial charge on any atom is 0.340 e. The molecule has 2 heterocycles. The molecule has 1 atom stereocenters. The summed E-state index contributed by atoms with van der Waals surface area (Å²) < 4.78 is 16.9. The molecule has 3 aromatic carbocycles. The van der Waals surface area contributed by atoms with Gasteiger partial charge in [0.1, 0.15) is 17.2 Å². The summed E-state index contributed by atoms with van der Waals surface area (Å²) in [6, 6.07) is 15.4. The molecule has 1 aliphatic carbocycles. The molecule has 1 aliphatic heterocycles. The van der Waals surface area contributed by atoms with E-state index in [0.29, 0.717) is 27.9 Å². The number of ether oxygens (including phenoxy) is 3. The van der Waals surface area contributed by atoms with E-state index in [1.54, 1.807) is 0 Å². The molecule has 0 radical (unpaired) electrons. The van der Waals surface area contributed by atoms with Crippen molar-refractivity contribution in [2.24, 2.45) is 0 Å². The number of hydrogen-bond acceptors (Lipinski definition) is 8. The highest BCUT2D eigenvalue weighted by molar-refractivity contribution is 6.14. The van der Waals surface area contributed by atoms with Crippen LogP contribution in [0.2, 0.25) is 0 Å². The second-order valence-corrected chi connectivity index (χ2v) is 9.47. The van der Waals surface area contributed by atoms with E-state index in [9.17, 15) is 9.59 Å². The number of esters is 2. The third-order valence-electron chi connectivity index (χ3n) is 7.31. The first kappa shape index (κ1) is 23.2. The van der Waals surface area contributed by atoms with Gasteiger partial charge in [-0.25, -0.2) is 14.8 Å². The van der Waals surface area contributed by atoms with E-state index < -0.39 is 17.9 Å². The van der Waals surface area contributed by atoms with Crippen molar-refractivity contribution in [1.82, 2.24) is 15.3 Å². The second kappa shape index (κ2) is 9.35. The fourth-order valence-corrected chi connectivity index (χ4v) is 5.54. The molecule has 0 amide bonds. The molecule has 0 bridgehead atoms. The highest BCUT2D eigenvalue weighted by Gasteiger charge is 2.43. The van der Waals surface area contributed by atoms with Crippen LogP contribution in [0.15, 0.2) is 60.0 Å². The summed E-state index contributed by atoms with van der Waals surface area (Å²) in [4.78, 5) is 36.5.